The monoisotopic (exact) mass is 284 g/mol. The summed E-state index contributed by atoms with van der Waals surface area (Å²) in [7, 11) is 0. The van der Waals surface area contributed by atoms with Crippen LogP contribution in [0.4, 0.5) is 0 Å². The second-order valence-corrected chi connectivity index (χ2v) is 6.60. The topological polar surface area (TPSA) is 50.8 Å². The molecule has 0 bridgehead atoms. The lowest BCUT2D eigenvalue weighted by Gasteiger charge is -2.32. The second-order valence-electron chi connectivity index (χ2n) is 6.60. The van der Waals surface area contributed by atoms with Crippen molar-refractivity contribution in [2.45, 2.75) is 52.4 Å². The molecule has 0 saturated carbocycles. The van der Waals surface area contributed by atoms with Crippen LogP contribution in [-0.2, 0) is 14.3 Å². The molecule has 1 N–H and O–H groups in total. The van der Waals surface area contributed by atoms with Gasteiger partial charge in [0.25, 0.3) is 0 Å². The molecule has 2 rings (SSSR count). The molecule has 3 atom stereocenters. The third-order valence-electron chi connectivity index (χ3n) is 3.91. The quantitative estimate of drug-likeness (QED) is 0.825. The van der Waals surface area contributed by atoms with Crippen LogP contribution >= 0.6 is 0 Å². The number of hydrogen-bond donors (Lipinski definition) is 1. The van der Waals surface area contributed by atoms with Crippen LogP contribution in [0, 0.1) is 11.8 Å². The van der Waals surface area contributed by atoms with Crippen molar-refractivity contribution in [2.24, 2.45) is 11.8 Å². The minimum Gasteiger partial charge on any atom is -0.376 e. The zero-order valence-electron chi connectivity index (χ0n) is 13.1. The van der Waals surface area contributed by atoms with E-state index >= 15 is 0 Å². The van der Waals surface area contributed by atoms with Gasteiger partial charge in [0.1, 0.15) is 0 Å². The lowest BCUT2D eigenvalue weighted by molar-refractivity contribution is -0.138. The molecule has 0 aromatic rings. The fourth-order valence-electron chi connectivity index (χ4n) is 2.96. The maximum Gasteiger partial charge on any atom is 0.241 e. The van der Waals surface area contributed by atoms with Gasteiger partial charge in [0.2, 0.25) is 5.91 Å². The predicted molar refractivity (Wildman–Crippen MR) is 77.3 cm³/mol. The van der Waals surface area contributed by atoms with Gasteiger partial charge < -0.3 is 14.4 Å². The Morgan fingerprint density at radius 1 is 1.30 bits per heavy atom. The predicted octanol–water partition coefficient (Wildman–Crippen LogP) is 1.23. The minimum absolute atomic E-state index is 0.00792. The molecule has 5 nitrogen and oxygen atoms in total. The summed E-state index contributed by atoms with van der Waals surface area (Å²) in [6.07, 6.45) is 1.01. The van der Waals surface area contributed by atoms with E-state index in [1.807, 2.05) is 4.90 Å². The van der Waals surface area contributed by atoms with Crippen molar-refractivity contribution < 1.29 is 14.3 Å². The highest BCUT2D eigenvalue weighted by molar-refractivity contribution is 5.84. The number of nitrogens with one attached hydrogen (secondary N) is 1. The number of hydrogen-bond acceptors (Lipinski definition) is 4. The van der Waals surface area contributed by atoms with Crippen molar-refractivity contribution in [1.29, 1.82) is 0 Å². The first kappa shape index (κ1) is 15.7. The molecule has 0 spiro atoms. The molecule has 0 aliphatic carbocycles. The Bertz CT molecular complexity index is 327. The van der Waals surface area contributed by atoms with E-state index in [2.05, 4.69) is 33.0 Å². The maximum absolute atomic E-state index is 12.6. The summed E-state index contributed by atoms with van der Waals surface area (Å²) in [6, 6.07) is -0.0492. The molecule has 1 amide bonds. The van der Waals surface area contributed by atoms with Crippen molar-refractivity contribution in [3.63, 3.8) is 0 Å². The summed E-state index contributed by atoms with van der Waals surface area (Å²) in [4.78, 5) is 14.6. The summed E-state index contributed by atoms with van der Waals surface area (Å²) < 4.78 is 11.1. The largest absolute Gasteiger partial charge is 0.376 e. The number of amides is 1. The number of carbonyl (C=O) groups is 1. The molecule has 2 aliphatic heterocycles. The Balaban J connectivity index is 2.00. The Labute approximate surface area is 122 Å². The fraction of sp³-hybridized carbons (Fsp3) is 0.933. The van der Waals surface area contributed by atoms with E-state index in [0.717, 1.165) is 6.42 Å². The van der Waals surface area contributed by atoms with E-state index in [0.29, 0.717) is 38.2 Å². The minimum atomic E-state index is -0.0492. The van der Waals surface area contributed by atoms with Gasteiger partial charge >= 0.3 is 0 Å². The van der Waals surface area contributed by atoms with Crippen molar-refractivity contribution in [2.75, 3.05) is 26.4 Å². The smallest absolute Gasteiger partial charge is 0.241 e. The Kier molecular flexibility index (Phi) is 5.41. The van der Waals surface area contributed by atoms with Crippen LogP contribution in [0.5, 0.6) is 0 Å². The van der Waals surface area contributed by atoms with Crippen LogP contribution in [0.25, 0.3) is 0 Å². The first-order valence-electron chi connectivity index (χ1n) is 7.75. The molecule has 0 radical (unpaired) electrons. The van der Waals surface area contributed by atoms with Crippen LogP contribution in [-0.4, -0.2) is 55.5 Å². The van der Waals surface area contributed by atoms with Gasteiger partial charge in [-0.15, -0.1) is 0 Å². The Morgan fingerprint density at radius 3 is 2.60 bits per heavy atom. The summed E-state index contributed by atoms with van der Waals surface area (Å²) in [5.74, 6) is 1.12. The second kappa shape index (κ2) is 6.87. The number of nitrogens with zero attached hydrogens (tertiary/aromatic N) is 1. The standard InChI is InChI=1S/C15H28N2O3/c1-10(2)7-13-15(18)17(14(16-13)11(3)4)8-12-9-19-5-6-20-12/h10-14,16H,5-9H2,1-4H3. The molecular weight excluding hydrogens is 256 g/mol. The molecule has 2 fully saturated rings. The van der Waals surface area contributed by atoms with E-state index in [4.69, 9.17) is 9.47 Å². The lowest BCUT2D eigenvalue weighted by atomic mass is 10.0. The van der Waals surface area contributed by atoms with Crippen molar-refractivity contribution in [3.05, 3.63) is 0 Å². The molecular formula is C15H28N2O3. The molecule has 2 aliphatic rings. The third-order valence-corrected chi connectivity index (χ3v) is 3.91. The highest BCUT2D eigenvalue weighted by Gasteiger charge is 2.41. The van der Waals surface area contributed by atoms with Crippen molar-refractivity contribution >= 4 is 5.91 Å². The van der Waals surface area contributed by atoms with Crippen LogP contribution in [0.15, 0.2) is 0 Å². The van der Waals surface area contributed by atoms with Gasteiger partial charge in [-0.3, -0.25) is 10.1 Å². The highest BCUT2D eigenvalue weighted by atomic mass is 16.6. The van der Waals surface area contributed by atoms with E-state index in [1.54, 1.807) is 0 Å². The summed E-state index contributed by atoms with van der Waals surface area (Å²) in [5.41, 5.74) is 0. The SMILES string of the molecule is CC(C)CC1NC(C(C)C)N(CC2COCCO2)C1=O. The Hall–Kier alpha value is -0.650. The molecule has 3 unspecified atom stereocenters. The zero-order chi connectivity index (χ0) is 14.7. The van der Waals surface area contributed by atoms with Crippen molar-refractivity contribution in [3.8, 4) is 0 Å². The van der Waals surface area contributed by atoms with Gasteiger partial charge in [-0.2, -0.15) is 0 Å². The number of rotatable bonds is 5. The summed E-state index contributed by atoms with van der Waals surface area (Å²) in [6.45, 7) is 11.1. The highest BCUT2D eigenvalue weighted by Crippen LogP contribution is 2.22. The van der Waals surface area contributed by atoms with Gasteiger partial charge in [-0.25, -0.2) is 0 Å². The van der Waals surface area contributed by atoms with E-state index < -0.39 is 0 Å². The molecule has 5 heteroatoms. The third kappa shape index (κ3) is 3.71. The molecule has 116 valence electrons. The van der Waals surface area contributed by atoms with Crippen LogP contribution in [0.3, 0.4) is 0 Å². The average Bonchev–Trinajstić information content (AvgIpc) is 2.69. The summed E-state index contributed by atoms with van der Waals surface area (Å²) >= 11 is 0. The van der Waals surface area contributed by atoms with Crippen LogP contribution in [0.2, 0.25) is 0 Å². The van der Waals surface area contributed by atoms with E-state index in [1.165, 1.54) is 0 Å². The lowest BCUT2D eigenvalue weighted by Crippen LogP contribution is -2.47. The van der Waals surface area contributed by atoms with Gasteiger partial charge in [0.05, 0.1) is 44.7 Å². The average molecular weight is 284 g/mol. The normalized spacial score (nSPS) is 31.6. The number of carbonyl (C=O) groups excluding carboxylic acids is 1. The fourth-order valence-corrected chi connectivity index (χ4v) is 2.96. The van der Waals surface area contributed by atoms with Crippen LogP contribution in [0.1, 0.15) is 34.1 Å². The first-order chi connectivity index (χ1) is 9.49. The molecule has 20 heavy (non-hydrogen) atoms. The van der Waals surface area contributed by atoms with Gasteiger partial charge in [-0.05, 0) is 18.3 Å². The summed E-state index contributed by atoms with van der Waals surface area (Å²) in [5, 5.41) is 3.49. The van der Waals surface area contributed by atoms with E-state index in [-0.39, 0.29) is 24.2 Å². The zero-order valence-corrected chi connectivity index (χ0v) is 13.1. The molecule has 2 heterocycles. The number of ether oxygens (including phenoxy) is 2. The first-order valence-corrected chi connectivity index (χ1v) is 7.75. The van der Waals surface area contributed by atoms with E-state index in [9.17, 15) is 4.79 Å². The van der Waals surface area contributed by atoms with Crippen LogP contribution < -0.4 is 5.32 Å². The van der Waals surface area contributed by atoms with Gasteiger partial charge in [0, 0.05) is 0 Å². The Morgan fingerprint density at radius 2 is 2.05 bits per heavy atom. The van der Waals surface area contributed by atoms with Crippen molar-refractivity contribution in [1.82, 2.24) is 10.2 Å². The molecule has 2 saturated heterocycles. The van der Waals surface area contributed by atoms with Gasteiger partial charge in [0.15, 0.2) is 0 Å². The molecule has 0 aromatic carbocycles. The van der Waals surface area contributed by atoms with Gasteiger partial charge in [-0.1, -0.05) is 27.7 Å². The maximum atomic E-state index is 12.6. The molecule has 0 aromatic heterocycles.